The van der Waals surface area contributed by atoms with Crippen LogP contribution in [0.4, 0.5) is 0 Å². The van der Waals surface area contributed by atoms with Gasteiger partial charge in [-0.2, -0.15) is 9.40 Å². The van der Waals surface area contributed by atoms with Crippen molar-refractivity contribution >= 4 is 10.0 Å². The average Bonchev–Trinajstić information content (AvgIpc) is 3.07. The predicted molar refractivity (Wildman–Crippen MR) is 113 cm³/mol. The summed E-state index contributed by atoms with van der Waals surface area (Å²) in [6.07, 6.45) is 4.42. The van der Waals surface area contributed by atoms with Gasteiger partial charge in [-0.25, -0.2) is 13.4 Å². The van der Waals surface area contributed by atoms with Crippen LogP contribution in [0.5, 0.6) is 0 Å². The largest absolute Gasteiger partial charge is 0.309 e. The lowest BCUT2D eigenvalue weighted by Gasteiger charge is -2.35. The first-order valence-corrected chi connectivity index (χ1v) is 12.0. The average molecular weight is 435 g/mol. The monoisotopic (exact) mass is 434 g/mol. The molecule has 9 nitrogen and oxygen atoms in total. The van der Waals surface area contributed by atoms with Crippen LogP contribution < -0.4 is 5.56 Å². The second kappa shape index (κ2) is 7.90. The standard InChI is InChI=1S/C20H30N6O3S/c1-13(2)25-10-8-16-15(12-25)20(27)23-19(22-16)17-7-5-6-9-26(17)30(28,29)18-11-21-24(4)14(18)3/h11,13,17H,5-10,12H2,1-4H3,(H,22,23,27). The minimum absolute atomic E-state index is 0.152. The van der Waals surface area contributed by atoms with Crippen molar-refractivity contribution in [3.05, 3.63) is 39.3 Å². The van der Waals surface area contributed by atoms with E-state index in [0.717, 1.165) is 25.1 Å². The van der Waals surface area contributed by atoms with E-state index in [0.29, 0.717) is 49.1 Å². The van der Waals surface area contributed by atoms with E-state index in [1.807, 2.05) is 0 Å². The zero-order valence-corrected chi connectivity index (χ0v) is 18.9. The molecule has 4 heterocycles. The highest BCUT2D eigenvalue weighted by Gasteiger charge is 2.38. The fraction of sp³-hybridized carbons (Fsp3) is 0.650. The van der Waals surface area contributed by atoms with Crippen LogP contribution in [0.15, 0.2) is 15.9 Å². The SMILES string of the molecule is Cc1c(S(=O)(=O)N2CCCCC2c2nc3c(c(=O)[nH]2)CN(C(C)C)CC3)cnn1C. The highest BCUT2D eigenvalue weighted by Crippen LogP contribution is 2.34. The van der Waals surface area contributed by atoms with Gasteiger partial charge in [0.2, 0.25) is 10.0 Å². The molecule has 2 aliphatic heterocycles. The molecular weight excluding hydrogens is 404 g/mol. The molecule has 1 saturated heterocycles. The van der Waals surface area contributed by atoms with Gasteiger partial charge in [0, 0.05) is 39.1 Å². The van der Waals surface area contributed by atoms with Crippen LogP contribution >= 0.6 is 0 Å². The zero-order valence-electron chi connectivity index (χ0n) is 18.1. The highest BCUT2D eigenvalue weighted by molar-refractivity contribution is 7.89. The summed E-state index contributed by atoms with van der Waals surface area (Å²) in [4.78, 5) is 23.0. The number of hydrogen-bond acceptors (Lipinski definition) is 6. The molecule has 2 aromatic heterocycles. The maximum Gasteiger partial charge on any atom is 0.255 e. The van der Waals surface area contributed by atoms with Gasteiger partial charge in [0.25, 0.3) is 5.56 Å². The fourth-order valence-electron chi connectivity index (χ4n) is 4.39. The molecule has 2 aliphatic rings. The number of fused-ring (bicyclic) bond motifs is 1. The Labute approximate surface area is 177 Å². The third kappa shape index (κ3) is 3.61. The lowest BCUT2D eigenvalue weighted by molar-refractivity contribution is 0.198. The van der Waals surface area contributed by atoms with E-state index >= 15 is 0 Å². The van der Waals surface area contributed by atoms with Crippen LogP contribution in [-0.4, -0.2) is 56.5 Å². The van der Waals surface area contributed by atoms with Gasteiger partial charge < -0.3 is 4.98 Å². The quantitative estimate of drug-likeness (QED) is 0.782. The van der Waals surface area contributed by atoms with Crippen molar-refractivity contribution in [3.63, 3.8) is 0 Å². The number of aromatic amines is 1. The Kier molecular flexibility index (Phi) is 5.58. The molecule has 1 N–H and O–H groups in total. The van der Waals surface area contributed by atoms with Crippen LogP contribution in [0, 0.1) is 6.92 Å². The van der Waals surface area contributed by atoms with Gasteiger partial charge in [-0.3, -0.25) is 14.4 Å². The van der Waals surface area contributed by atoms with Crippen molar-refractivity contribution in [1.82, 2.24) is 29.0 Å². The van der Waals surface area contributed by atoms with Crippen molar-refractivity contribution in [2.45, 2.75) is 70.0 Å². The minimum atomic E-state index is -3.74. The number of sulfonamides is 1. The van der Waals surface area contributed by atoms with Crippen LogP contribution in [0.2, 0.25) is 0 Å². The van der Waals surface area contributed by atoms with Crippen molar-refractivity contribution in [2.24, 2.45) is 7.05 Å². The maximum atomic E-state index is 13.4. The molecule has 1 unspecified atom stereocenters. The summed E-state index contributed by atoms with van der Waals surface area (Å²) in [7, 11) is -2.02. The Morgan fingerprint density at radius 1 is 1.23 bits per heavy atom. The Hall–Kier alpha value is -2.04. The van der Waals surface area contributed by atoms with E-state index in [9.17, 15) is 13.2 Å². The second-order valence-electron chi connectivity index (χ2n) is 8.54. The molecule has 4 rings (SSSR count). The minimum Gasteiger partial charge on any atom is -0.309 e. The molecule has 164 valence electrons. The zero-order chi connectivity index (χ0) is 21.6. The summed E-state index contributed by atoms with van der Waals surface area (Å²) in [5.74, 6) is 0.460. The van der Waals surface area contributed by atoms with Crippen molar-refractivity contribution in [1.29, 1.82) is 0 Å². The molecule has 2 aromatic rings. The molecule has 0 amide bonds. The summed E-state index contributed by atoms with van der Waals surface area (Å²) in [6, 6.07) is -0.108. The third-order valence-corrected chi connectivity index (χ3v) is 8.40. The Balaban J connectivity index is 1.71. The van der Waals surface area contributed by atoms with E-state index in [4.69, 9.17) is 4.98 Å². The third-order valence-electron chi connectivity index (χ3n) is 6.39. The number of nitrogens with one attached hydrogen (secondary N) is 1. The van der Waals surface area contributed by atoms with Gasteiger partial charge >= 0.3 is 0 Å². The molecule has 0 bridgehead atoms. The molecule has 10 heteroatoms. The van der Waals surface area contributed by atoms with Crippen LogP contribution in [0.1, 0.15) is 61.9 Å². The molecular formula is C20H30N6O3S. The first-order valence-electron chi connectivity index (χ1n) is 10.6. The number of aromatic nitrogens is 4. The predicted octanol–water partition coefficient (Wildman–Crippen LogP) is 1.49. The number of rotatable bonds is 4. The van der Waals surface area contributed by atoms with Gasteiger partial charge in [-0.1, -0.05) is 6.42 Å². The summed E-state index contributed by atoms with van der Waals surface area (Å²) in [6.45, 7) is 7.82. The molecule has 0 aromatic carbocycles. The first kappa shape index (κ1) is 21.2. The Bertz CT molecular complexity index is 1100. The fourth-order valence-corrected chi connectivity index (χ4v) is 6.24. The molecule has 30 heavy (non-hydrogen) atoms. The van der Waals surface area contributed by atoms with Gasteiger partial charge in [-0.15, -0.1) is 0 Å². The van der Waals surface area contributed by atoms with Gasteiger partial charge in [0.05, 0.1) is 29.2 Å². The topological polar surface area (TPSA) is 104 Å². The highest BCUT2D eigenvalue weighted by atomic mass is 32.2. The number of nitrogens with zero attached hydrogens (tertiary/aromatic N) is 5. The van der Waals surface area contributed by atoms with E-state index in [1.54, 1.807) is 18.7 Å². The van der Waals surface area contributed by atoms with Gasteiger partial charge in [0.1, 0.15) is 10.7 Å². The summed E-state index contributed by atoms with van der Waals surface area (Å²) in [5, 5.41) is 4.10. The number of H-pyrrole nitrogens is 1. The smallest absolute Gasteiger partial charge is 0.255 e. The molecule has 0 saturated carbocycles. The number of aryl methyl sites for hydroxylation is 1. The van der Waals surface area contributed by atoms with Crippen LogP contribution in [0.3, 0.4) is 0 Å². The first-order chi connectivity index (χ1) is 14.2. The van der Waals surface area contributed by atoms with Gasteiger partial charge in [0.15, 0.2) is 0 Å². The second-order valence-corrected chi connectivity index (χ2v) is 10.4. The van der Waals surface area contributed by atoms with Crippen molar-refractivity contribution in [2.75, 3.05) is 13.1 Å². The van der Waals surface area contributed by atoms with Crippen molar-refractivity contribution < 1.29 is 8.42 Å². The summed E-state index contributed by atoms with van der Waals surface area (Å²) < 4.78 is 29.9. The lowest BCUT2D eigenvalue weighted by Crippen LogP contribution is -2.42. The number of piperidine rings is 1. The molecule has 0 spiro atoms. The normalized spacial score (nSPS) is 21.2. The number of hydrogen-bond donors (Lipinski definition) is 1. The lowest BCUT2D eigenvalue weighted by atomic mass is 10.0. The van der Waals surface area contributed by atoms with E-state index in [2.05, 4.69) is 28.8 Å². The van der Waals surface area contributed by atoms with Crippen LogP contribution in [-0.2, 0) is 30.0 Å². The van der Waals surface area contributed by atoms with Gasteiger partial charge in [-0.05, 0) is 33.6 Å². The molecule has 0 radical (unpaired) electrons. The summed E-state index contributed by atoms with van der Waals surface area (Å²) >= 11 is 0. The van der Waals surface area contributed by atoms with Crippen molar-refractivity contribution in [3.8, 4) is 0 Å². The maximum absolute atomic E-state index is 13.4. The van der Waals surface area contributed by atoms with E-state index in [1.165, 1.54) is 10.5 Å². The van der Waals surface area contributed by atoms with E-state index < -0.39 is 16.1 Å². The Morgan fingerprint density at radius 3 is 2.67 bits per heavy atom. The van der Waals surface area contributed by atoms with E-state index in [-0.39, 0.29) is 10.5 Å². The van der Waals surface area contributed by atoms with Crippen LogP contribution in [0.25, 0.3) is 0 Å². The molecule has 1 atom stereocenters. The molecule has 0 aliphatic carbocycles. The summed E-state index contributed by atoms with van der Waals surface area (Å²) in [5.41, 5.74) is 1.94. The molecule has 1 fully saturated rings. The Morgan fingerprint density at radius 2 is 2.00 bits per heavy atom.